The van der Waals surface area contributed by atoms with Crippen molar-refractivity contribution in [3.63, 3.8) is 0 Å². The molecule has 1 aromatic heterocycles. The second-order valence-corrected chi connectivity index (χ2v) is 8.06. The molecule has 0 radical (unpaired) electrons. The van der Waals surface area contributed by atoms with E-state index in [1.807, 2.05) is 0 Å². The summed E-state index contributed by atoms with van der Waals surface area (Å²) in [6.07, 6.45) is 7.22. The van der Waals surface area contributed by atoms with Crippen LogP contribution in [0.5, 0.6) is 0 Å². The molecule has 1 amide bonds. The van der Waals surface area contributed by atoms with Crippen molar-refractivity contribution in [2.24, 2.45) is 11.7 Å². The maximum atomic E-state index is 12.0. The van der Waals surface area contributed by atoms with Gasteiger partial charge in [-0.15, -0.1) is 23.7 Å². The highest BCUT2D eigenvalue weighted by atomic mass is 79.9. The fourth-order valence-corrected chi connectivity index (χ4v) is 4.39. The molecule has 2 rings (SSSR count). The molecule has 3 N–H and O–H groups in total. The number of nitrogens with one attached hydrogen (secondary N) is 1. The lowest BCUT2D eigenvalue weighted by molar-refractivity contribution is -0.122. The predicted octanol–water partition coefficient (Wildman–Crippen LogP) is 3.89. The highest BCUT2D eigenvalue weighted by Gasteiger charge is 2.24. The first-order valence-corrected chi connectivity index (χ1v) is 9.03. The van der Waals surface area contributed by atoms with Gasteiger partial charge in [-0.1, -0.05) is 12.8 Å². The number of hydrogen-bond acceptors (Lipinski definition) is 3. The summed E-state index contributed by atoms with van der Waals surface area (Å²) >= 11 is 5.21. The van der Waals surface area contributed by atoms with E-state index < -0.39 is 0 Å². The lowest BCUT2D eigenvalue weighted by atomic mass is 9.84. The quantitative estimate of drug-likeness (QED) is 0.767. The summed E-state index contributed by atoms with van der Waals surface area (Å²) in [5.74, 6) is 0.659. The lowest BCUT2D eigenvalue weighted by Crippen LogP contribution is -2.44. The molecule has 0 aromatic carbocycles. The van der Waals surface area contributed by atoms with E-state index in [-0.39, 0.29) is 18.3 Å². The van der Waals surface area contributed by atoms with Crippen molar-refractivity contribution >= 4 is 45.6 Å². The Morgan fingerprint density at radius 1 is 1.38 bits per heavy atom. The molecule has 2 atom stereocenters. The molecule has 6 heteroatoms. The largest absolute Gasteiger partial charge is 0.353 e. The van der Waals surface area contributed by atoms with Crippen LogP contribution in [0.2, 0.25) is 0 Å². The maximum Gasteiger partial charge on any atom is 0.220 e. The van der Waals surface area contributed by atoms with Gasteiger partial charge in [0.05, 0.1) is 3.79 Å². The Morgan fingerprint density at radius 2 is 2.14 bits per heavy atom. The van der Waals surface area contributed by atoms with E-state index in [9.17, 15) is 4.79 Å². The smallest absolute Gasteiger partial charge is 0.220 e. The van der Waals surface area contributed by atoms with Crippen LogP contribution in [0.3, 0.4) is 0 Å². The van der Waals surface area contributed by atoms with Gasteiger partial charge in [0, 0.05) is 17.3 Å². The van der Waals surface area contributed by atoms with Gasteiger partial charge < -0.3 is 11.1 Å². The van der Waals surface area contributed by atoms with E-state index in [4.69, 9.17) is 5.73 Å². The number of carbonyl (C=O) groups is 1. The van der Waals surface area contributed by atoms with Crippen LogP contribution in [0.1, 0.15) is 43.4 Å². The highest BCUT2D eigenvalue weighted by Crippen LogP contribution is 2.24. The first-order chi connectivity index (χ1) is 9.69. The summed E-state index contributed by atoms with van der Waals surface area (Å²) in [6.45, 7) is 0.689. The molecule has 0 aliphatic heterocycles. The number of nitrogens with two attached hydrogens (primary N) is 1. The summed E-state index contributed by atoms with van der Waals surface area (Å²) < 4.78 is 1.16. The molecule has 1 aliphatic rings. The monoisotopic (exact) mass is 394 g/mol. The van der Waals surface area contributed by atoms with Gasteiger partial charge in [0.15, 0.2) is 0 Å². The predicted molar refractivity (Wildman–Crippen MR) is 95.1 cm³/mol. The van der Waals surface area contributed by atoms with E-state index in [0.29, 0.717) is 24.9 Å². The summed E-state index contributed by atoms with van der Waals surface area (Å²) in [5, 5.41) is 3.19. The number of halogens is 2. The molecule has 0 saturated heterocycles. The highest BCUT2D eigenvalue weighted by molar-refractivity contribution is 9.11. The lowest BCUT2D eigenvalue weighted by Gasteiger charge is -2.31. The number of aryl methyl sites for hydroxylation is 1. The average molecular weight is 396 g/mol. The third kappa shape index (κ3) is 6.27. The van der Waals surface area contributed by atoms with Crippen LogP contribution in [-0.2, 0) is 11.2 Å². The van der Waals surface area contributed by atoms with Crippen LogP contribution in [-0.4, -0.2) is 18.5 Å². The Bertz CT molecular complexity index is 441. The van der Waals surface area contributed by atoms with Crippen molar-refractivity contribution in [3.8, 4) is 0 Å². The Kier molecular flexibility index (Phi) is 8.86. The average Bonchev–Trinajstić information content (AvgIpc) is 2.85. The normalized spacial score (nSPS) is 21.6. The molecule has 0 bridgehead atoms. The van der Waals surface area contributed by atoms with E-state index in [2.05, 4.69) is 33.4 Å². The maximum absolute atomic E-state index is 12.0. The second-order valence-electron chi connectivity index (χ2n) is 5.51. The molecular formula is C15H24BrClN2OS. The molecule has 2 unspecified atom stereocenters. The van der Waals surface area contributed by atoms with Crippen molar-refractivity contribution < 1.29 is 4.79 Å². The molecule has 1 fully saturated rings. The third-order valence-corrected chi connectivity index (χ3v) is 5.70. The van der Waals surface area contributed by atoms with Gasteiger partial charge in [-0.3, -0.25) is 4.79 Å². The standard InChI is InChI=1S/C15H23BrN2OS.ClH/c16-14-9-8-12(20-14)5-3-7-15(19)18-13-6-2-1-4-11(13)10-17;/h8-9,11,13H,1-7,10,17H2,(H,18,19);1H. The number of thiophene rings is 1. The van der Waals surface area contributed by atoms with Crippen LogP contribution in [0.4, 0.5) is 0 Å². The molecule has 3 nitrogen and oxygen atoms in total. The van der Waals surface area contributed by atoms with Gasteiger partial charge in [0.25, 0.3) is 0 Å². The van der Waals surface area contributed by atoms with Crippen molar-refractivity contribution in [1.82, 2.24) is 5.32 Å². The van der Waals surface area contributed by atoms with E-state index in [0.717, 1.165) is 29.5 Å². The van der Waals surface area contributed by atoms with Crippen molar-refractivity contribution in [2.45, 2.75) is 51.0 Å². The van der Waals surface area contributed by atoms with Crippen LogP contribution in [0.15, 0.2) is 15.9 Å². The number of amides is 1. The summed E-state index contributed by atoms with van der Waals surface area (Å²) in [7, 11) is 0. The fraction of sp³-hybridized carbons (Fsp3) is 0.667. The van der Waals surface area contributed by atoms with Gasteiger partial charge in [0.1, 0.15) is 0 Å². The number of rotatable bonds is 6. The molecule has 1 saturated carbocycles. The summed E-state index contributed by atoms with van der Waals surface area (Å²) in [4.78, 5) is 13.3. The zero-order valence-corrected chi connectivity index (χ0v) is 15.4. The Morgan fingerprint density at radius 3 is 2.81 bits per heavy atom. The zero-order valence-electron chi connectivity index (χ0n) is 12.1. The molecule has 0 spiro atoms. The Labute approximate surface area is 145 Å². The van der Waals surface area contributed by atoms with E-state index >= 15 is 0 Å². The van der Waals surface area contributed by atoms with Gasteiger partial charge in [-0.25, -0.2) is 0 Å². The van der Waals surface area contributed by atoms with Gasteiger partial charge in [-0.2, -0.15) is 0 Å². The number of carbonyl (C=O) groups excluding carboxylic acids is 1. The Hall–Kier alpha value is -0.100. The number of hydrogen-bond donors (Lipinski definition) is 2. The van der Waals surface area contributed by atoms with E-state index in [1.54, 1.807) is 11.3 Å². The molecule has 21 heavy (non-hydrogen) atoms. The molecular weight excluding hydrogens is 372 g/mol. The van der Waals surface area contributed by atoms with Crippen LogP contribution < -0.4 is 11.1 Å². The van der Waals surface area contributed by atoms with Crippen LogP contribution in [0.25, 0.3) is 0 Å². The van der Waals surface area contributed by atoms with Gasteiger partial charge in [0.2, 0.25) is 5.91 Å². The van der Waals surface area contributed by atoms with E-state index in [1.165, 1.54) is 17.7 Å². The summed E-state index contributed by atoms with van der Waals surface area (Å²) in [6, 6.07) is 4.49. The van der Waals surface area contributed by atoms with Gasteiger partial charge in [-0.05, 0) is 66.2 Å². The van der Waals surface area contributed by atoms with Crippen LogP contribution in [0, 0.1) is 5.92 Å². The molecule has 1 aliphatic carbocycles. The molecule has 1 aromatic rings. The van der Waals surface area contributed by atoms with Crippen molar-refractivity contribution in [2.75, 3.05) is 6.54 Å². The van der Waals surface area contributed by atoms with Gasteiger partial charge >= 0.3 is 0 Å². The SMILES string of the molecule is Cl.NCC1CCCCC1NC(=O)CCCc1ccc(Br)s1. The zero-order chi connectivity index (χ0) is 14.4. The van der Waals surface area contributed by atoms with Crippen molar-refractivity contribution in [3.05, 3.63) is 20.8 Å². The topological polar surface area (TPSA) is 55.1 Å². The minimum Gasteiger partial charge on any atom is -0.353 e. The second kappa shape index (κ2) is 9.82. The molecule has 1 heterocycles. The molecule has 120 valence electrons. The summed E-state index contributed by atoms with van der Waals surface area (Å²) in [5.41, 5.74) is 5.79. The van der Waals surface area contributed by atoms with Crippen molar-refractivity contribution in [1.29, 1.82) is 0 Å². The van der Waals surface area contributed by atoms with Crippen LogP contribution >= 0.6 is 39.7 Å². The fourth-order valence-electron chi connectivity index (χ4n) is 2.87. The minimum absolute atomic E-state index is 0. The Balaban J connectivity index is 0.00000220. The third-order valence-electron chi connectivity index (χ3n) is 4.01. The first kappa shape index (κ1) is 18.9. The minimum atomic E-state index is 0. The first-order valence-electron chi connectivity index (χ1n) is 7.42.